The van der Waals surface area contributed by atoms with Gasteiger partial charge in [0.2, 0.25) is 5.91 Å². The highest BCUT2D eigenvalue weighted by atomic mass is 16.5. The van der Waals surface area contributed by atoms with E-state index in [-0.39, 0.29) is 12.5 Å². The topological polar surface area (TPSA) is 87.7 Å². The van der Waals surface area contributed by atoms with Crippen molar-refractivity contribution in [2.75, 3.05) is 32.6 Å². The lowest BCUT2D eigenvalue weighted by molar-refractivity contribution is -0.127. The van der Waals surface area contributed by atoms with Gasteiger partial charge >= 0.3 is 12.0 Å². The molecule has 0 aromatic heterocycles. The van der Waals surface area contributed by atoms with Gasteiger partial charge in [0.25, 0.3) is 0 Å². The van der Waals surface area contributed by atoms with E-state index in [0.29, 0.717) is 17.9 Å². The minimum atomic E-state index is -0.489. The third-order valence-electron chi connectivity index (χ3n) is 2.71. The molecule has 0 aliphatic carbocycles. The smallest absolute Gasteiger partial charge is 0.338 e. The summed E-state index contributed by atoms with van der Waals surface area (Å²) < 4.78 is 5.00. The Morgan fingerprint density at radius 2 is 1.77 bits per heavy atom. The van der Waals surface area contributed by atoms with Crippen LogP contribution in [0.1, 0.15) is 23.7 Å². The van der Waals surface area contributed by atoms with E-state index in [9.17, 15) is 14.4 Å². The summed E-state index contributed by atoms with van der Waals surface area (Å²) in [6.07, 6.45) is 0.761. The van der Waals surface area contributed by atoms with E-state index in [1.807, 2.05) is 6.92 Å². The Hall–Kier alpha value is -2.57. The number of urea groups is 1. The quantitative estimate of drug-likeness (QED) is 0.779. The highest BCUT2D eigenvalue weighted by molar-refractivity contribution is 5.93. The summed E-state index contributed by atoms with van der Waals surface area (Å²) in [5.74, 6) is -0.599. The first-order valence-electron chi connectivity index (χ1n) is 6.96. The van der Waals surface area contributed by atoms with Crippen LogP contribution >= 0.6 is 0 Å². The Morgan fingerprint density at radius 3 is 2.32 bits per heavy atom. The lowest BCUT2D eigenvalue weighted by Crippen LogP contribution is -2.38. The largest absolute Gasteiger partial charge is 0.462 e. The number of hydrogen-bond donors (Lipinski definition) is 2. The average molecular weight is 307 g/mol. The molecule has 2 N–H and O–H groups in total. The van der Waals surface area contributed by atoms with Gasteiger partial charge in [-0.05, 0) is 30.7 Å². The van der Waals surface area contributed by atoms with Crippen LogP contribution in [0.4, 0.5) is 10.5 Å². The Bertz CT molecular complexity index is 526. The first-order chi connectivity index (χ1) is 10.4. The predicted octanol–water partition coefficient (Wildman–Crippen LogP) is 1.46. The number of nitrogens with one attached hydrogen (secondary N) is 2. The van der Waals surface area contributed by atoms with E-state index in [4.69, 9.17) is 4.74 Å². The van der Waals surface area contributed by atoms with Crippen LogP contribution < -0.4 is 10.6 Å². The number of anilines is 1. The molecule has 0 saturated carbocycles. The Labute approximate surface area is 129 Å². The van der Waals surface area contributed by atoms with E-state index in [1.165, 1.54) is 4.90 Å². The second kappa shape index (κ2) is 8.66. The maximum atomic E-state index is 11.6. The van der Waals surface area contributed by atoms with Crippen LogP contribution in [0.25, 0.3) is 0 Å². The average Bonchev–Trinajstić information content (AvgIpc) is 2.50. The van der Waals surface area contributed by atoms with E-state index < -0.39 is 12.0 Å². The van der Waals surface area contributed by atoms with E-state index >= 15 is 0 Å². The number of rotatable bonds is 6. The van der Waals surface area contributed by atoms with Crippen molar-refractivity contribution in [3.05, 3.63) is 29.8 Å². The van der Waals surface area contributed by atoms with Crippen molar-refractivity contribution >= 4 is 23.6 Å². The van der Waals surface area contributed by atoms with Gasteiger partial charge in [-0.25, -0.2) is 9.59 Å². The fraction of sp³-hybridized carbons (Fsp3) is 0.400. The molecule has 0 heterocycles. The third-order valence-corrected chi connectivity index (χ3v) is 2.71. The zero-order valence-electron chi connectivity index (χ0n) is 13.0. The van der Waals surface area contributed by atoms with Crippen molar-refractivity contribution in [2.45, 2.75) is 13.3 Å². The van der Waals surface area contributed by atoms with Crippen LogP contribution in [0.3, 0.4) is 0 Å². The molecular formula is C15H21N3O4. The number of esters is 1. The summed E-state index contributed by atoms with van der Waals surface area (Å²) >= 11 is 0. The van der Waals surface area contributed by atoms with Gasteiger partial charge in [0, 0.05) is 19.8 Å². The molecule has 0 fully saturated rings. The molecule has 0 aliphatic heterocycles. The van der Waals surface area contributed by atoms with Crippen LogP contribution in [-0.2, 0) is 9.53 Å². The lowest BCUT2D eigenvalue weighted by atomic mass is 10.2. The summed E-state index contributed by atoms with van der Waals surface area (Å²) in [5, 5.41) is 5.02. The van der Waals surface area contributed by atoms with Crippen molar-refractivity contribution in [2.24, 2.45) is 0 Å². The molecule has 7 nitrogen and oxygen atoms in total. The number of likely N-dealkylation sites (N-methyl/N-ethyl adjacent to an activating group) is 1. The van der Waals surface area contributed by atoms with Crippen molar-refractivity contribution in [1.82, 2.24) is 10.2 Å². The standard InChI is InChI=1S/C15H21N3O4/c1-4-9-22-14(20)11-5-7-12(8-6-11)17-15(21)16-10-13(19)18(2)3/h5-8H,4,9-10H2,1-3H3,(H2,16,17,21). The molecule has 7 heteroatoms. The summed E-state index contributed by atoms with van der Waals surface area (Å²) in [4.78, 5) is 36.0. The Kier molecular flexibility index (Phi) is 6.88. The molecule has 0 saturated heterocycles. The maximum Gasteiger partial charge on any atom is 0.338 e. The summed E-state index contributed by atoms with van der Waals surface area (Å²) in [6, 6.07) is 5.83. The lowest BCUT2D eigenvalue weighted by Gasteiger charge is -2.11. The van der Waals surface area contributed by atoms with Crippen molar-refractivity contribution in [3.63, 3.8) is 0 Å². The molecule has 0 unspecified atom stereocenters. The molecule has 0 spiro atoms. The van der Waals surface area contributed by atoms with Gasteiger partial charge in [0.05, 0.1) is 18.7 Å². The molecule has 0 radical (unpaired) electrons. The maximum absolute atomic E-state index is 11.6. The molecule has 1 aromatic rings. The fourth-order valence-electron chi connectivity index (χ4n) is 1.46. The highest BCUT2D eigenvalue weighted by Gasteiger charge is 2.09. The normalized spacial score (nSPS) is 9.77. The number of amides is 3. The summed E-state index contributed by atoms with van der Waals surface area (Å²) in [7, 11) is 3.22. The minimum absolute atomic E-state index is 0.0831. The number of carbonyl (C=O) groups excluding carboxylic acids is 3. The van der Waals surface area contributed by atoms with E-state index in [0.717, 1.165) is 6.42 Å². The van der Waals surface area contributed by atoms with Gasteiger partial charge in [-0.2, -0.15) is 0 Å². The van der Waals surface area contributed by atoms with Crippen LogP contribution in [0.15, 0.2) is 24.3 Å². The second-order valence-corrected chi connectivity index (χ2v) is 4.81. The number of ether oxygens (including phenoxy) is 1. The van der Waals surface area contributed by atoms with E-state index in [1.54, 1.807) is 38.4 Å². The molecule has 0 bridgehead atoms. The van der Waals surface area contributed by atoms with Crippen molar-refractivity contribution in [3.8, 4) is 0 Å². The van der Waals surface area contributed by atoms with Crippen LogP contribution in [0, 0.1) is 0 Å². The van der Waals surface area contributed by atoms with Gasteiger partial charge < -0.3 is 20.3 Å². The minimum Gasteiger partial charge on any atom is -0.462 e. The van der Waals surface area contributed by atoms with Gasteiger partial charge in [-0.3, -0.25) is 4.79 Å². The fourth-order valence-corrected chi connectivity index (χ4v) is 1.46. The monoisotopic (exact) mass is 307 g/mol. The summed E-state index contributed by atoms with van der Waals surface area (Å²) in [6.45, 7) is 2.21. The van der Waals surface area contributed by atoms with Crippen LogP contribution in [-0.4, -0.2) is 50.1 Å². The molecular weight excluding hydrogens is 286 g/mol. The third kappa shape index (κ3) is 5.82. The molecule has 0 aliphatic rings. The van der Waals surface area contributed by atoms with Gasteiger partial charge in [-0.1, -0.05) is 6.92 Å². The van der Waals surface area contributed by atoms with Crippen molar-refractivity contribution in [1.29, 1.82) is 0 Å². The van der Waals surface area contributed by atoms with Crippen LogP contribution in [0.2, 0.25) is 0 Å². The predicted molar refractivity (Wildman–Crippen MR) is 82.7 cm³/mol. The first kappa shape index (κ1) is 17.5. The number of nitrogens with zero attached hydrogens (tertiary/aromatic N) is 1. The molecule has 22 heavy (non-hydrogen) atoms. The highest BCUT2D eigenvalue weighted by Crippen LogP contribution is 2.10. The SMILES string of the molecule is CCCOC(=O)c1ccc(NC(=O)NCC(=O)N(C)C)cc1. The molecule has 0 atom stereocenters. The van der Waals surface area contributed by atoms with E-state index in [2.05, 4.69) is 10.6 Å². The second-order valence-electron chi connectivity index (χ2n) is 4.81. The van der Waals surface area contributed by atoms with Crippen molar-refractivity contribution < 1.29 is 19.1 Å². The number of hydrogen-bond acceptors (Lipinski definition) is 4. The molecule has 3 amide bonds. The zero-order chi connectivity index (χ0) is 16.5. The van der Waals surface area contributed by atoms with Crippen LogP contribution in [0.5, 0.6) is 0 Å². The van der Waals surface area contributed by atoms with Gasteiger partial charge in [-0.15, -0.1) is 0 Å². The Morgan fingerprint density at radius 1 is 1.14 bits per heavy atom. The summed E-state index contributed by atoms with van der Waals surface area (Å²) in [5.41, 5.74) is 0.934. The van der Waals surface area contributed by atoms with Gasteiger partial charge in [0.15, 0.2) is 0 Å². The van der Waals surface area contributed by atoms with Gasteiger partial charge in [0.1, 0.15) is 0 Å². The zero-order valence-corrected chi connectivity index (χ0v) is 13.0. The number of benzene rings is 1. The molecule has 1 rings (SSSR count). The first-order valence-corrected chi connectivity index (χ1v) is 6.96. The Balaban J connectivity index is 2.48. The molecule has 1 aromatic carbocycles. The molecule has 120 valence electrons. The number of carbonyl (C=O) groups is 3.